The van der Waals surface area contributed by atoms with E-state index in [4.69, 9.17) is 0 Å². The van der Waals surface area contributed by atoms with E-state index in [1.165, 1.54) is 6.07 Å². The highest BCUT2D eigenvalue weighted by Crippen LogP contribution is 2.39. The van der Waals surface area contributed by atoms with E-state index in [1.54, 1.807) is 18.2 Å². The van der Waals surface area contributed by atoms with Crippen LogP contribution in [-0.4, -0.2) is 72.6 Å². The van der Waals surface area contributed by atoms with Crippen LogP contribution in [0.5, 0.6) is 0 Å². The van der Waals surface area contributed by atoms with Crippen LogP contribution in [0.15, 0.2) is 35.9 Å². The van der Waals surface area contributed by atoms with Crippen LogP contribution >= 0.6 is 0 Å². The summed E-state index contributed by atoms with van der Waals surface area (Å²) in [5, 5.41) is 13.8. The molecule has 2 heterocycles. The van der Waals surface area contributed by atoms with Gasteiger partial charge >= 0.3 is 0 Å². The molecular weight excluding hydrogens is 357 g/mol. The molecule has 2 aliphatic heterocycles. The molecule has 2 unspecified atom stereocenters. The molecule has 0 bridgehead atoms. The minimum absolute atomic E-state index is 0.0599. The predicted molar refractivity (Wildman–Crippen MR) is 106 cm³/mol. The molecular formula is C22H30FN3O2. The van der Waals surface area contributed by atoms with Crippen molar-refractivity contribution in [3.05, 3.63) is 47.3 Å². The average Bonchev–Trinajstić information content (AvgIpc) is 3.56. The lowest BCUT2D eigenvalue weighted by atomic mass is 9.92. The zero-order chi connectivity index (χ0) is 19.5. The number of carbonyl (C=O) groups excluding carboxylic acids is 1. The van der Waals surface area contributed by atoms with E-state index in [-0.39, 0.29) is 17.5 Å². The fourth-order valence-electron chi connectivity index (χ4n) is 4.27. The molecule has 152 valence electrons. The second-order valence-electron chi connectivity index (χ2n) is 8.21. The molecule has 0 amide bonds. The summed E-state index contributed by atoms with van der Waals surface area (Å²) in [5.74, 6) is -0.133. The Morgan fingerprint density at radius 2 is 1.96 bits per heavy atom. The molecule has 1 aromatic carbocycles. The summed E-state index contributed by atoms with van der Waals surface area (Å²) < 4.78 is 14.5. The smallest absolute Gasteiger partial charge is 0.157 e. The number of halogens is 1. The second-order valence-corrected chi connectivity index (χ2v) is 8.21. The third kappa shape index (κ3) is 4.51. The van der Waals surface area contributed by atoms with E-state index >= 15 is 0 Å². The zero-order valence-corrected chi connectivity index (χ0v) is 16.3. The van der Waals surface area contributed by atoms with Crippen LogP contribution in [0, 0.1) is 11.7 Å². The van der Waals surface area contributed by atoms with Crippen molar-refractivity contribution in [3.63, 3.8) is 0 Å². The highest BCUT2D eigenvalue weighted by atomic mass is 19.1. The van der Waals surface area contributed by atoms with Gasteiger partial charge in [0.15, 0.2) is 5.78 Å². The molecule has 0 radical (unpaired) electrons. The number of benzene rings is 1. The van der Waals surface area contributed by atoms with Crippen LogP contribution in [0.3, 0.4) is 0 Å². The van der Waals surface area contributed by atoms with Gasteiger partial charge in [0.05, 0.1) is 12.1 Å². The topological polar surface area (TPSA) is 55.8 Å². The molecule has 1 aromatic rings. The first-order chi connectivity index (χ1) is 13.6. The van der Waals surface area contributed by atoms with Gasteiger partial charge in [-0.25, -0.2) is 4.39 Å². The van der Waals surface area contributed by atoms with Crippen molar-refractivity contribution in [2.75, 3.05) is 45.8 Å². The lowest BCUT2D eigenvalue weighted by Crippen LogP contribution is -2.45. The van der Waals surface area contributed by atoms with E-state index in [9.17, 15) is 14.3 Å². The number of ketones is 1. The molecule has 3 aliphatic rings. The van der Waals surface area contributed by atoms with Crippen molar-refractivity contribution in [1.82, 2.24) is 15.1 Å². The number of rotatable bonds is 6. The number of nitrogens with one attached hydrogen (secondary N) is 1. The van der Waals surface area contributed by atoms with Crippen molar-refractivity contribution in [2.45, 2.75) is 31.4 Å². The van der Waals surface area contributed by atoms with Gasteiger partial charge in [0, 0.05) is 57.3 Å². The number of hydrogen-bond acceptors (Lipinski definition) is 5. The van der Waals surface area contributed by atoms with Gasteiger partial charge in [-0.2, -0.15) is 0 Å². The van der Waals surface area contributed by atoms with Gasteiger partial charge in [0.25, 0.3) is 0 Å². The van der Waals surface area contributed by atoms with Gasteiger partial charge in [0.2, 0.25) is 0 Å². The SMILES string of the molecule is O=C(C1CC1)C(c1ccccc1F)N1CCC(O)C(=CCN2CCNCC2)C1. The lowest BCUT2D eigenvalue weighted by Gasteiger charge is -2.38. The molecule has 0 spiro atoms. The number of Topliss-reactive ketones (excluding diaryl/α,β-unsaturated/α-hetero) is 1. The maximum Gasteiger partial charge on any atom is 0.157 e. The minimum atomic E-state index is -0.552. The van der Waals surface area contributed by atoms with Crippen LogP contribution in [0.1, 0.15) is 30.9 Å². The monoisotopic (exact) mass is 387 g/mol. The molecule has 2 atom stereocenters. The number of carbonyl (C=O) groups is 1. The summed E-state index contributed by atoms with van der Waals surface area (Å²) in [6.45, 7) is 5.91. The van der Waals surface area contributed by atoms with E-state index in [1.807, 2.05) is 0 Å². The molecule has 0 aromatic heterocycles. The molecule has 2 N–H and O–H groups in total. The number of nitrogens with zero attached hydrogens (tertiary/aromatic N) is 2. The van der Waals surface area contributed by atoms with Crippen molar-refractivity contribution < 1.29 is 14.3 Å². The molecule has 1 saturated carbocycles. The molecule has 5 nitrogen and oxygen atoms in total. The highest BCUT2D eigenvalue weighted by molar-refractivity contribution is 5.89. The first-order valence-corrected chi connectivity index (χ1v) is 10.5. The molecule has 1 aliphatic carbocycles. The maximum absolute atomic E-state index is 14.5. The summed E-state index contributed by atoms with van der Waals surface area (Å²) >= 11 is 0. The molecule has 3 fully saturated rings. The van der Waals surface area contributed by atoms with Gasteiger partial charge in [-0.15, -0.1) is 0 Å². The highest BCUT2D eigenvalue weighted by Gasteiger charge is 2.40. The van der Waals surface area contributed by atoms with Gasteiger partial charge in [0.1, 0.15) is 5.82 Å². The minimum Gasteiger partial charge on any atom is -0.389 e. The van der Waals surface area contributed by atoms with Crippen molar-refractivity contribution in [1.29, 1.82) is 0 Å². The quantitative estimate of drug-likeness (QED) is 0.729. The van der Waals surface area contributed by atoms with Crippen LogP contribution in [-0.2, 0) is 4.79 Å². The number of piperidine rings is 1. The Labute approximate surface area is 166 Å². The largest absolute Gasteiger partial charge is 0.389 e. The second kappa shape index (κ2) is 8.82. The standard InChI is InChI=1S/C22H30FN3O2/c23-19-4-2-1-3-18(19)21(22(28)16-5-6-16)26-12-8-20(27)17(15-26)7-11-25-13-9-24-10-14-25/h1-4,7,16,20-21,24,27H,5-6,8-15H2. The Balaban J connectivity index is 1.53. The summed E-state index contributed by atoms with van der Waals surface area (Å²) in [6.07, 6.45) is 4.03. The lowest BCUT2D eigenvalue weighted by molar-refractivity contribution is -0.126. The molecule has 2 saturated heterocycles. The first-order valence-electron chi connectivity index (χ1n) is 10.5. The zero-order valence-electron chi connectivity index (χ0n) is 16.3. The van der Waals surface area contributed by atoms with Gasteiger partial charge in [-0.3, -0.25) is 14.6 Å². The predicted octanol–water partition coefficient (Wildman–Crippen LogP) is 1.74. The summed E-state index contributed by atoms with van der Waals surface area (Å²) in [6, 6.07) is 6.07. The fraction of sp³-hybridized carbons (Fsp3) is 0.591. The Morgan fingerprint density at radius 1 is 1.21 bits per heavy atom. The normalized spacial score (nSPS) is 27.1. The maximum atomic E-state index is 14.5. The Morgan fingerprint density at radius 3 is 2.68 bits per heavy atom. The van der Waals surface area contributed by atoms with Crippen molar-refractivity contribution in [3.8, 4) is 0 Å². The Kier molecular flexibility index (Phi) is 6.21. The Hall–Kier alpha value is -1.60. The van der Waals surface area contributed by atoms with E-state index in [2.05, 4.69) is 21.2 Å². The first kappa shape index (κ1) is 19.7. The van der Waals surface area contributed by atoms with E-state index in [0.717, 1.165) is 51.1 Å². The van der Waals surface area contributed by atoms with Crippen LogP contribution in [0.2, 0.25) is 0 Å². The average molecular weight is 387 g/mol. The molecule has 28 heavy (non-hydrogen) atoms. The number of aliphatic hydroxyl groups excluding tert-OH is 1. The fourth-order valence-corrected chi connectivity index (χ4v) is 4.27. The summed E-state index contributed by atoms with van der Waals surface area (Å²) in [4.78, 5) is 17.5. The van der Waals surface area contributed by atoms with E-state index < -0.39 is 12.1 Å². The summed E-state index contributed by atoms with van der Waals surface area (Å²) in [7, 11) is 0. The summed E-state index contributed by atoms with van der Waals surface area (Å²) in [5.41, 5.74) is 1.42. The van der Waals surface area contributed by atoms with Crippen LogP contribution < -0.4 is 5.32 Å². The van der Waals surface area contributed by atoms with Crippen molar-refractivity contribution in [2.24, 2.45) is 5.92 Å². The molecule has 6 heteroatoms. The van der Waals surface area contributed by atoms with Crippen molar-refractivity contribution >= 4 is 5.78 Å². The third-order valence-electron chi connectivity index (χ3n) is 6.14. The third-order valence-corrected chi connectivity index (χ3v) is 6.14. The number of aliphatic hydroxyl groups is 1. The Bertz CT molecular complexity index is 728. The van der Waals surface area contributed by atoms with Gasteiger partial charge in [-0.05, 0) is 30.9 Å². The number of hydrogen-bond donors (Lipinski definition) is 2. The van der Waals surface area contributed by atoms with Gasteiger partial charge < -0.3 is 10.4 Å². The number of piperazine rings is 1. The van der Waals surface area contributed by atoms with Crippen LogP contribution in [0.4, 0.5) is 4.39 Å². The van der Waals surface area contributed by atoms with E-state index in [0.29, 0.717) is 25.1 Å². The van der Waals surface area contributed by atoms with Crippen LogP contribution in [0.25, 0.3) is 0 Å². The number of likely N-dealkylation sites (tertiary alicyclic amines) is 1. The molecule has 4 rings (SSSR count). The van der Waals surface area contributed by atoms with Gasteiger partial charge in [-0.1, -0.05) is 24.3 Å².